The van der Waals surface area contributed by atoms with E-state index in [1.165, 1.54) is 0 Å². The molecule has 3 unspecified atom stereocenters. The van der Waals surface area contributed by atoms with Crippen molar-refractivity contribution in [3.05, 3.63) is 95.3 Å². The monoisotopic (exact) mass is 575 g/mol. The highest BCUT2D eigenvalue weighted by atomic mass is 16.7. The van der Waals surface area contributed by atoms with Gasteiger partial charge >= 0.3 is 5.97 Å². The number of likely N-dealkylation sites (N-methyl/N-ethyl adjacent to an activating group) is 1. The van der Waals surface area contributed by atoms with Gasteiger partial charge in [0.2, 0.25) is 5.91 Å². The van der Waals surface area contributed by atoms with Crippen LogP contribution in [0.3, 0.4) is 0 Å². The Morgan fingerprint density at radius 2 is 1.79 bits per heavy atom. The summed E-state index contributed by atoms with van der Waals surface area (Å²) in [6, 6.07) is 21.3. The first-order valence-corrected chi connectivity index (χ1v) is 14.6. The third kappa shape index (κ3) is 10.0. The second-order valence-electron chi connectivity index (χ2n) is 10.8. The maximum Gasteiger partial charge on any atom is 0.303 e. The first kappa shape index (κ1) is 31.3. The summed E-state index contributed by atoms with van der Waals surface area (Å²) < 4.78 is 13.0. The summed E-state index contributed by atoms with van der Waals surface area (Å²) in [6.45, 7) is 1.55. The number of carboxylic acid groups (broad SMARTS) is 1. The van der Waals surface area contributed by atoms with Crippen LogP contribution in [0.15, 0.2) is 72.9 Å². The van der Waals surface area contributed by atoms with Gasteiger partial charge in [-0.2, -0.15) is 0 Å². The fraction of sp³-hybridized carbons (Fsp3) is 0.424. The van der Waals surface area contributed by atoms with Crippen molar-refractivity contribution < 1.29 is 29.3 Å². The molecule has 0 bridgehead atoms. The molecule has 2 aromatic carbocycles. The van der Waals surface area contributed by atoms with Gasteiger partial charge in [-0.3, -0.25) is 14.6 Å². The first-order valence-electron chi connectivity index (χ1n) is 14.6. The number of rotatable bonds is 15. The van der Waals surface area contributed by atoms with Crippen molar-refractivity contribution in [1.29, 1.82) is 0 Å². The van der Waals surface area contributed by atoms with Crippen molar-refractivity contribution in [2.45, 2.75) is 70.1 Å². The summed E-state index contributed by atoms with van der Waals surface area (Å²) >= 11 is 0. The molecule has 1 aliphatic heterocycles. The fourth-order valence-corrected chi connectivity index (χ4v) is 5.05. The highest BCUT2D eigenvalue weighted by Crippen LogP contribution is 2.38. The summed E-state index contributed by atoms with van der Waals surface area (Å²) in [5.74, 6) is -0.923. The number of hydrogen-bond acceptors (Lipinski definition) is 7. The Balaban J connectivity index is 1.41. The third-order valence-corrected chi connectivity index (χ3v) is 7.34. The lowest BCUT2D eigenvalue weighted by atomic mass is 9.99. The van der Waals surface area contributed by atoms with Gasteiger partial charge in [0.05, 0.1) is 18.8 Å². The molecule has 1 fully saturated rings. The van der Waals surface area contributed by atoms with E-state index in [1.54, 1.807) is 0 Å². The second-order valence-corrected chi connectivity index (χ2v) is 10.8. The molecule has 1 aliphatic rings. The van der Waals surface area contributed by atoms with E-state index in [4.69, 9.17) is 14.6 Å². The minimum atomic E-state index is -0.814. The van der Waals surface area contributed by atoms with Crippen LogP contribution in [-0.4, -0.2) is 58.2 Å². The van der Waals surface area contributed by atoms with Crippen LogP contribution in [0, 0.1) is 0 Å². The maximum absolute atomic E-state index is 12.5. The molecule has 1 saturated heterocycles. The van der Waals surface area contributed by atoms with Crippen LogP contribution in [-0.2, 0) is 32.1 Å². The molecule has 1 aromatic heterocycles. The number of amides is 1. The lowest BCUT2D eigenvalue weighted by molar-refractivity contribution is -0.252. The summed E-state index contributed by atoms with van der Waals surface area (Å²) in [6.07, 6.45) is 4.78. The van der Waals surface area contributed by atoms with E-state index in [0.29, 0.717) is 37.8 Å². The number of ether oxygens (including phenoxy) is 2. The van der Waals surface area contributed by atoms with E-state index in [1.807, 2.05) is 72.9 Å². The molecule has 42 heavy (non-hydrogen) atoms. The molecule has 3 atom stereocenters. The second kappa shape index (κ2) is 16.1. The Morgan fingerprint density at radius 1 is 0.976 bits per heavy atom. The standard InChI is InChI=1S/C33H41N3O6/c1-36(19-17-27-9-5-6-18-34-27)22-29-21-30(25-15-13-24(23-37)14-16-25)42-33(41-29)26-8-7-10-28(20-26)35-31(38)11-3-2-4-12-32(39)40/h5-10,13-16,18,20,29-30,33,37H,2-4,11-12,17,19,21-23H2,1H3,(H,35,38)(H,39,40). The average molecular weight is 576 g/mol. The van der Waals surface area contributed by atoms with Gasteiger partial charge in [0.15, 0.2) is 6.29 Å². The molecule has 2 heterocycles. The maximum atomic E-state index is 12.5. The number of carboxylic acids is 1. The number of benzene rings is 2. The Morgan fingerprint density at radius 3 is 2.52 bits per heavy atom. The van der Waals surface area contributed by atoms with Crippen molar-refractivity contribution in [2.75, 3.05) is 25.5 Å². The largest absolute Gasteiger partial charge is 0.481 e. The number of pyridine rings is 1. The van der Waals surface area contributed by atoms with Crippen molar-refractivity contribution in [2.24, 2.45) is 0 Å². The molecule has 9 nitrogen and oxygen atoms in total. The minimum Gasteiger partial charge on any atom is -0.481 e. The number of carbonyl (C=O) groups is 2. The number of unbranched alkanes of at least 4 members (excludes halogenated alkanes) is 2. The number of nitrogens with one attached hydrogen (secondary N) is 1. The average Bonchev–Trinajstić information content (AvgIpc) is 3.00. The quantitative estimate of drug-likeness (QED) is 0.210. The summed E-state index contributed by atoms with van der Waals surface area (Å²) in [7, 11) is 2.08. The van der Waals surface area contributed by atoms with Gasteiger partial charge in [-0.1, -0.05) is 48.9 Å². The van der Waals surface area contributed by atoms with Gasteiger partial charge in [-0.25, -0.2) is 0 Å². The Hall–Kier alpha value is -3.63. The molecular weight excluding hydrogens is 534 g/mol. The van der Waals surface area contributed by atoms with Crippen molar-refractivity contribution >= 4 is 17.6 Å². The van der Waals surface area contributed by atoms with Crippen molar-refractivity contribution in [3.63, 3.8) is 0 Å². The molecule has 0 radical (unpaired) electrons. The lowest BCUT2D eigenvalue weighted by Crippen LogP contribution is -2.38. The summed E-state index contributed by atoms with van der Waals surface area (Å²) in [5, 5.41) is 21.2. The molecular formula is C33H41N3O6. The third-order valence-electron chi connectivity index (χ3n) is 7.34. The molecule has 4 rings (SSSR count). The molecule has 9 heteroatoms. The summed E-state index contributed by atoms with van der Waals surface area (Å²) in [4.78, 5) is 29.9. The fourth-order valence-electron chi connectivity index (χ4n) is 5.05. The molecule has 0 saturated carbocycles. The Kier molecular flexibility index (Phi) is 12.0. The van der Waals surface area contributed by atoms with Crippen LogP contribution in [0.1, 0.15) is 73.3 Å². The highest BCUT2D eigenvalue weighted by molar-refractivity contribution is 5.90. The zero-order chi connectivity index (χ0) is 29.7. The van der Waals surface area contributed by atoms with Gasteiger partial charge in [-0.15, -0.1) is 0 Å². The van der Waals surface area contributed by atoms with E-state index in [0.717, 1.165) is 41.9 Å². The predicted octanol–water partition coefficient (Wildman–Crippen LogP) is 5.27. The molecule has 3 N–H and O–H groups in total. The van der Waals surface area contributed by atoms with Crippen LogP contribution in [0.2, 0.25) is 0 Å². The summed E-state index contributed by atoms with van der Waals surface area (Å²) in [5.41, 5.74) is 4.39. The number of hydrogen-bond donors (Lipinski definition) is 3. The lowest BCUT2D eigenvalue weighted by Gasteiger charge is -2.38. The zero-order valence-corrected chi connectivity index (χ0v) is 24.2. The van der Waals surface area contributed by atoms with E-state index in [-0.39, 0.29) is 31.1 Å². The number of aromatic nitrogens is 1. The number of nitrogens with zero attached hydrogens (tertiary/aromatic N) is 2. The van der Waals surface area contributed by atoms with E-state index in [2.05, 4.69) is 22.2 Å². The number of carbonyl (C=O) groups excluding carboxylic acids is 1. The highest BCUT2D eigenvalue weighted by Gasteiger charge is 2.33. The number of aliphatic hydroxyl groups is 1. The molecule has 224 valence electrons. The van der Waals surface area contributed by atoms with E-state index < -0.39 is 12.3 Å². The van der Waals surface area contributed by atoms with Gasteiger partial charge in [-0.05, 0) is 55.3 Å². The normalized spacial score (nSPS) is 18.6. The van der Waals surface area contributed by atoms with Gasteiger partial charge in [0, 0.05) is 61.9 Å². The van der Waals surface area contributed by atoms with Gasteiger partial charge in [0.25, 0.3) is 0 Å². The van der Waals surface area contributed by atoms with E-state index >= 15 is 0 Å². The molecule has 1 amide bonds. The number of anilines is 1. The van der Waals surface area contributed by atoms with Crippen molar-refractivity contribution in [1.82, 2.24) is 9.88 Å². The molecule has 0 aliphatic carbocycles. The minimum absolute atomic E-state index is 0.0118. The van der Waals surface area contributed by atoms with Gasteiger partial charge < -0.3 is 29.9 Å². The molecule has 0 spiro atoms. The van der Waals surface area contributed by atoms with E-state index in [9.17, 15) is 14.7 Å². The smallest absolute Gasteiger partial charge is 0.303 e. The topological polar surface area (TPSA) is 121 Å². The first-order chi connectivity index (χ1) is 20.4. The SMILES string of the molecule is CN(CCc1ccccn1)CC1CC(c2ccc(CO)cc2)OC(c2cccc(NC(=O)CCCCCC(=O)O)c2)O1. The van der Waals surface area contributed by atoms with Crippen LogP contribution in [0.5, 0.6) is 0 Å². The Labute approximate surface area is 247 Å². The predicted molar refractivity (Wildman–Crippen MR) is 160 cm³/mol. The number of aliphatic hydroxyl groups excluding tert-OH is 1. The van der Waals surface area contributed by atoms with Crippen LogP contribution >= 0.6 is 0 Å². The van der Waals surface area contributed by atoms with Crippen LogP contribution in [0.25, 0.3) is 0 Å². The Bertz CT molecular complexity index is 1270. The van der Waals surface area contributed by atoms with Crippen molar-refractivity contribution in [3.8, 4) is 0 Å². The van der Waals surface area contributed by atoms with Crippen LogP contribution < -0.4 is 5.32 Å². The molecule has 3 aromatic rings. The van der Waals surface area contributed by atoms with Crippen LogP contribution in [0.4, 0.5) is 5.69 Å². The van der Waals surface area contributed by atoms with Gasteiger partial charge in [0.1, 0.15) is 0 Å². The zero-order valence-electron chi connectivity index (χ0n) is 24.2. The number of aliphatic carboxylic acids is 1.